The highest BCUT2D eigenvalue weighted by atomic mass is 16.5. The van der Waals surface area contributed by atoms with Gasteiger partial charge in [-0.3, -0.25) is 0 Å². The minimum absolute atomic E-state index is 0.0341. The van der Waals surface area contributed by atoms with E-state index in [1.807, 2.05) is 0 Å². The summed E-state index contributed by atoms with van der Waals surface area (Å²) < 4.78 is 14.3. The molecule has 7 heteroatoms. The third-order valence-corrected chi connectivity index (χ3v) is 14.1. The van der Waals surface area contributed by atoms with Crippen molar-refractivity contribution in [2.75, 3.05) is 19.6 Å². The molecule has 0 spiro atoms. The van der Waals surface area contributed by atoms with Crippen LogP contribution in [0.5, 0.6) is 11.5 Å². The first-order chi connectivity index (χ1) is 31.3. The van der Waals surface area contributed by atoms with Crippen LogP contribution in [0.25, 0.3) is 0 Å². The second-order valence-electron chi connectivity index (χ2n) is 17.4. The van der Waals surface area contributed by atoms with E-state index in [0.29, 0.717) is 0 Å². The van der Waals surface area contributed by atoms with Crippen LogP contribution < -0.4 is 34.5 Å². The smallest absolute Gasteiger partial charge is 0.259 e. The normalized spacial score (nSPS) is 19.3. The van der Waals surface area contributed by atoms with Gasteiger partial charge in [0.1, 0.15) is 23.0 Å². The summed E-state index contributed by atoms with van der Waals surface area (Å²) in [5.41, 5.74) is 18.1. The van der Waals surface area contributed by atoms with Crippen molar-refractivity contribution in [2.24, 2.45) is 0 Å². The molecule has 0 aromatic heterocycles. The minimum Gasteiger partial charge on any atom is -0.463 e. The molecule has 0 N–H and O–H groups in total. The van der Waals surface area contributed by atoms with Crippen molar-refractivity contribution >= 4 is 69.0 Å². The molecule has 0 fully saturated rings. The van der Waals surface area contributed by atoms with Gasteiger partial charge in [0, 0.05) is 29.7 Å². The maximum atomic E-state index is 7.21. The zero-order valence-corrected chi connectivity index (χ0v) is 34.6. The minimum atomic E-state index is 0.0341. The molecule has 3 aliphatic carbocycles. The van der Waals surface area contributed by atoms with Crippen LogP contribution in [0.2, 0.25) is 0 Å². The van der Waals surface area contributed by atoms with Gasteiger partial charge in [-0.05, 0) is 114 Å². The monoisotopic (exact) mass is 812 g/mol. The molecule has 0 saturated heterocycles. The zero-order valence-electron chi connectivity index (χ0n) is 34.6. The van der Waals surface area contributed by atoms with Crippen molar-refractivity contribution in [2.45, 2.75) is 37.8 Å². The van der Waals surface area contributed by atoms with Crippen LogP contribution in [0.1, 0.15) is 24.0 Å². The van der Waals surface area contributed by atoms with Gasteiger partial charge >= 0.3 is 0 Å². The van der Waals surface area contributed by atoms with Gasteiger partial charge in [-0.25, -0.2) is 0 Å². The molecular weight excluding hydrogens is 771 g/mol. The number of aryl methyl sites for hydroxylation is 1. The predicted octanol–water partition coefficient (Wildman–Crippen LogP) is 12.8. The molecule has 4 heterocycles. The Labute approximate surface area is 367 Å². The van der Waals surface area contributed by atoms with Crippen molar-refractivity contribution in [3.8, 4) is 11.5 Å². The van der Waals surface area contributed by atoms with E-state index in [1.165, 1.54) is 73.0 Å². The Balaban J connectivity index is 0.849. The maximum absolute atomic E-state index is 7.21. The number of ether oxygens (including phenoxy) is 2. The summed E-state index contributed by atoms with van der Waals surface area (Å²) in [7, 11) is 0. The average molecular weight is 813 g/mol. The molecule has 2 unspecified atom stereocenters. The molecule has 7 aliphatic rings. The second-order valence-corrected chi connectivity index (χ2v) is 17.4. The first-order valence-electron chi connectivity index (χ1n) is 22.3. The summed E-state index contributed by atoms with van der Waals surface area (Å²) in [4.78, 5) is 9.85. The number of para-hydroxylation sites is 10. The molecule has 0 bridgehead atoms. The highest BCUT2D eigenvalue weighted by molar-refractivity contribution is 6.89. The molecule has 14 rings (SSSR count). The number of hydrogen-bond acceptors (Lipinski definition) is 6. The molecule has 300 valence electrons. The van der Waals surface area contributed by atoms with Crippen LogP contribution in [0.4, 0.5) is 56.9 Å². The van der Waals surface area contributed by atoms with E-state index in [9.17, 15) is 0 Å². The summed E-state index contributed by atoms with van der Waals surface area (Å²) in [6, 6.07) is 59.1. The summed E-state index contributed by atoms with van der Waals surface area (Å²) in [6.45, 7) is 0.0341. The van der Waals surface area contributed by atoms with Gasteiger partial charge in [0.2, 0.25) is 0 Å². The Hall–Kier alpha value is -7.64. The van der Waals surface area contributed by atoms with Gasteiger partial charge in [0.05, 0.1) is 57.6 Å². The molecule has 0 saturated carbocycles. The van der Waals surface area contributed by atoms with Crippen LogP contribution in [0.3, 0.4) is 0 Å². The topological polar surface area (TPSA) is 31.4 Å². The fourth-order valence-electron chi connectivity index (χ4n) is 11.3. The predicted molar refractivity (Wildman–Crippen MR) is 256 cm³/mol. The van der Waals surface area contributed by atoms with E-state index in [0.717, 1.165) is 60.1 Å². The number of nitrogens with zero attached hydrogens (tertiary/aromatic N) is 4. The van der Waals surface area contributed by atoms with Crippen LogP contribution >= 0.6 is 0 Å². The largest absolute Gasteiger partial charge is 0.463 e. The fraction of sp³-hybridized carbons (Fsp3) is 0.107. The fourth-order valence-corrected chi connectivity index (χ4v) is 11.3. The van der Waals surface area contributed by atoms with Crippen molar-refractivity contribution in [3.63, 3.8) is 0 Å². The molecule has 0 radical (unpaired) electrons. The zero-order chi connectivity index (χ0) is 41.2. The van der Waals surface area contributed by atoms with Gasteiger partial charge < -0.3 is 29.1 Å². The summed E-state index contributed by atoms with van der Waals surface area (Å²) in [5, 5.41) is 0. The number of fused-ring (bicyclic) bond motifs is 8. The Bertz CT molecular complexity index is 3100. The van der Waals surface area contributed by atoms with Crippen molar-refractivity contribution in [3.05, 3.63) is 222 Å². The van der Waals surface area contributed by atoms with E-state index in [1.54, 1.807) is 0 Å². The highest BCUT2D eigenvalue weighted by Crippen LogP contribution is 2.56. The highest BCUT2D eigenvalue weighted by Gasteiger charge is 2.47. The Kier molecular flexibility index (Phi) is 7.46. The molecule has 0 amide bonds. The van der Waals surface area contributed by atoms with E-state index in [-0.39, 0.29) is 18.8 Å². The lowest BCUT2D eigenvalue weighted by Crippen LogP contribution is -2.49. The third kappa shape index (κ3) is 5.08. The molecule has 63 heavy (non-hydrogen) atoms. The van der Waals surface area contributed by atoms with Crippen molar-refractivity contribution < 1.29 is 9.47 Å². The number of allylic oxidation sites excluding steroid dienone is 4. The van der Waals surface area contributed by atoms with Crippen LogP contribution in [0, 0.1) is 0 Å². The van der Waals surface area contributed by atoms with Crippen LogP contribution in [0.15, 0.2) is 211 Å². The van der Waals surface area contributed by atoms with E-state index in [2.05, 4.69) is 208 Å². The van der Waals surface area contributed by atoms with E-state index in [4.69, 9.17) is 9.47 Å². The molecule has 2 atom stereocenters. The lowest BCUT2D eigenvalue weighted by atomic mass is 9.32. The molecule has 7 aromatic carbocycles. The maximum Gasteiger partial charge on any atom is 0.259 e. The van der Waals surface area contributed by atoms with Crippen molar-refractivity contribution in [1.82, 2.24) is 0 Å². The number of anilines is 10. The first-order valence-corrected chi connectivity index (χ1v) is 22.3. The average Bonchev–Trinajstić information content (AvgIpc) is 3.33. The number of hydrogen-bond donors (Lipinski definition) is 0. The summed E-state index contributed by atoms with van der Waals surface area (Å²) in [6.07, 6.45) is 13.2. The Morgan fingerprint density at radius 2 is 0.857 bits per heavy atom. The SMILES string of the molecule is C1=CC(N2c3ccccc3N(c3ccccc3)c3ccccc32)CC2=C1B1C3=C(CC(N4c5ccccc5N(c5ccccc5)c5ccccc54)C=C3)Oc3c4c(cc(c31)O2)CC4. The molecular formula is C56H41BN4O2. The number of rotatable bonds is 4. The van der Waals surface area contributed by atoms with Crippen LogP contribution in [-0.4, -0.2) is 18.8 Å². The van der Waals surface area contributed by atoms with E-state index < -0.39 is 0 Å². The summed E-state index contributed by atoms with van der Waals surface area (Å²) in [5.74, 6) is 4.10. The molecule has 4 aliphatic heterocycles. The van der Waals surface area contributed by atoms with Gasteiger partial charge in [-0.15, -0.1) is 0 Å². The van der Waals surface area contributed by atoms with Gasteiger partial charge in [0.15, 0.2) is 0 Å². The van der Waals surface area contributed by atoms with Crippen LogP contribution in [-0.2, 0) is 12.8 Å². The van der Waals surface area contributed by atoms with Gasteiger partial charge in [0.25, 0.3) is 6.71 Å². The van der Waals surface area contributed by atoms with Gasteiger partial charge in [-0.1, -0.05) is 109 Å². The Morgan fingerprint density at radius 1 is 0.444 bits per heavy atom. The number of benzene rings is 7. The Morgan fingerprint density at radius 3 is 1.29 bits per heavy atom. The quantitative estimate of drug-likeness (QED) is 0.165. The second kappa shape index (κ2) is 13.4. The molecule has 7 aromatic rings. The van der Waals surface area contributed by atoms with Crippen molar-refractivity contribution in [1.29, 1.82) is 0 Å². The summed E-state index contributed by atoms with van der Waals surface area (Å²) >= 11 is 0. The van der Waals surface area contributed by atoms with Gasteiger partial charge in [-0.2, -0.15) is 0 Å². The lowest BCUT2D eigenvalue weighted by Gasteiger charge is -2.46. The standard InChI is InChI=1S/C56H41BN4O2/c1-3-15-37(16-4-1)58-44-19-7-11-23-48(44)60(49-24-12-8-20-45(49)58)39-28-31-42-52(34-39)62-54-33-36-27-30-41(36)56-55(54)57(42)43-32-29-40(35-53(43)63-56)61-50-25-13-9-21-46(50)59(38-17-5-2-6-18-38)47-22-10-14-26-51(47)61/h1-26,28-29,31-33,39-40H,27,30,34-35H2. The molecule has 6 nitrogen and oxygen atoms in total. The first kappa shape index (κ1) is 35.0. The third-order valence-electron chi connectivity index (χ3n) is 14.1. The van der Waals surface area contributed by atoms with E-state index >= 15 is 0 Å². The lowest BCUT2D eigenvalue weighted by molar-refractivity contribution is 0.366.